The summed E-state index contributed by atoms with van der Waals surface area (Å²) in [6.45, 7) is 1.49. The van der Waals surface area contributed by atoms with Crippen molar-refractivity contribution in [1.29, 1.82) is 0 Å². The summed E-state index contributed by atoms with van der Waals surface area (Å²) in [5, 5.41) is 9.10. The van der Waals surface area contributed by atoms with Gasteiger partial charge in [-0.1, -0.05) is 60.7 Å². The fourth-order valence-electron chi connectivity index (χ4n) is 2.22. The van der Waals surface area contributed by atoms with E-state index < -0.39 is 0 Å². The minimum Gasteiger partial charge on any atom is -0.354 e. The summed E-state index contributed by atoms with van der Waals surface area (Å²) >= 11 is 0. The van der Waals surface area contributed by atoms with Gasteiger partial charge in [-0.25, -0.2) is 0 Å². The molecular formula is C19H24N4O. The zero-order valence-electron chi connectivity index (χ0n) is 14.0. The number of benzene rings is 2. The van der Waals surface area contributed by atoms with E-state index in [1.807, 2.05) is 48.5 Å². The van der Waals surface area contributed by atoms with Crippen LogP contribution in [0.25, 0.3) is 0 Å². The Morgan fingerprint density at radius 1 is 0.875 bits per heavy atom. The van der Waals surface area contributed by atoms with Crippen molar-refractivity contribution >= 4 is 11.9 Å². The highest BCUT2D eigenvalue weighted by atomic mass is 16.1. The van der Waals surface area contributed by atoms with Gasteiger partial charge >= 0.3 is 0 Å². The fourth-order valence-corrected chi connectivity index (χ4v) is 2.22. The van der Waals surface area contributed by atoms with Crippen LogP contribution < -0.4 is 16.0 Å². The molecule has 0 aliphatic heterocycles. The largest absolute Gasteiger partial charge is 0.354 e. The lowest BCUT2D eigenvalue weighted by Gasteiger charge is -2.12. The molecule has 5 heteroatoms. The molecule has 3 N–H and O–H groups in total. The summed E-state index contributed by atoms with van der Waals surface area (Å²) in [5.41, 5.74) is 2.37. The fraction of sp³-hybridized carbons (Fsp3) is 0.263. The maximum atomic E-state index is 11.9. The van der Waals surface area contributed by atoms with Gasteiger partial charge in [0, 0.05) is 20.1 Å². The van der Waals surface area contributed by atoms with E-state index in [0.717, 1.165) is 12.0 Å². The lowest BCUT2D eigenvalue weighted by Crippen LogP contribution is -2.43. The number of nitrogens with one attached hydrogen (secondary N) is 3. The molecule has 0 radical (unpaired) electrons. The number of guanidine groups is 1. The standard InChI is InChI=1S/C19H24N4O/c1-20-19(22-14-17-10-6-3-7-11-17)23-15-18(24)21-13-12-16-8-4-2-5-9-16/h2-11H,12-15H2,1H3,(H,21,24)(H2,20,22,23). The van der Waals surface area contributed by atoms with Crippen LogP contribution in [0, 0.1) is 0 Å². The van der Waals surface area contributed by atoms with Crippen molar-refractivity contribution in [3.8, 4) is 0 Å². The number of amides is 1. The van der Waals surface area contributed by atoms with E-state index in [1.54, 1.807) is 7.05 Å². The zero-order valence-corrected chi connectivity index (χ0v) is 14.0. The molecule has 24 heavy (non-hydrogen) atoms. The van der Waals surface area contributed by atoms with E-state index in [-0.39, 0.29) is 12.5 Å². The molecule has 5 nitrogen and oxygen atoms in total. The van der Waals surface area contributed by atoms with Crippen LogP contribution >= 0.6 is 0 Å². The lowest BCUT2D eigenvalue weighted by molar-refractivity contribution is -0.119. The van der Waals surface area contributed by atoms with Crippen molar-refractivity contribution < 1.29 is 4.79 Å². The van der Waals surface area contributed by atoms with Crippen molar-refractivity contribution in [2.24, 2.45) is 4.99 Å². The topological polar surface area (TPSA) is 65.5 Å². The summed E-state index contributed by atoms with van der Waals surface area (Å²) in [5.74, 6) is 0.561. The minimum absolute atomic E-state index is 0.0476. The predicted molar refractivity (Wildman–Crippen MR) is 97.8 cm³/mol. The molecule has 2 aromatic rings. The van der Waals surface area contributed by atoms with Gasteiger partial charge in [-0.05, 0) is 17.5 Å². The molecule has 1 amide bonds. The number of rotatable bonds is 7. The Labute approximate surface area is 143 Å². The third-order valence-corrected chi connectivity index (χ3v) is 3.52. The third-order valence-electron chi connectivity index (χ3n) is 3.52. The number of hydrogen-bond donors (Lipinski definition) is 3. The SMILES string of the molecule is CN=C(NCC(=O)NCCc1ccccc1)NCc1ccccc1. The maximum absolute atomic E-state index is 11.9. The average molecular weight is 324 g/mol. The molecule has 0 spiro atoms. The molecule has 0 fully saturated rings. The van der Waals surface area contributed by atoms with E-state index in [1.165, 1.54) is 5.56 Å². The first-order chi connectivity index (χ1) is 11.8. The number of nitrogens with zero attached hydrogens (tertiary/aromatic N) is 1. The second-order valence-electron chi connectivity index (χ2n) is 5.35. The Morgan fingerprint density at radius 2 is 1.50 bits per heavy atom. The lowest BCUT2D eigenvalue weighted by atomic mass is 10.1. The first-order valence-corrected chi connectivity index (χ1v) is 8.07. The summed E-state index contributed by atoms with van der Waals surface area (Å²) in [6, 6.07) is 20.1. The van der Waals surface area contributed by atoms with Crippen LogP contribution in [0.3, 0.4) is 0 Å². The van der Waals surface area contributed by atoms with Gasteiger partial charge in [-0.2, -0.15) is 0 Å². The summed E-state index contributed by atoms with van der Waals surface area (Å²) in [6.07, 6.45) is 0.827. The van der Waals surface area contributed by atoms with E-state index in [0.29, 0.717) is 19.0 Å². The molecule has 0 aliphatic rings. The highest BCUT2D eigenvalue weighted by Gasteiger charge is 2.03. The van der Waals surface area contributed by atoms with Gasteiger partial charge < -0.3 is 16.0 Å². The molecule has 126 valence electrons. The quantitative estimate of drug-likeness (QED) is 0.537. The maximum Gasteiger partial charge on any atom is 0.239 e. The molecule has 0 heterocycles. The highest BCUT2D eigenvalue weighted by Crippen LogP contribution is 1.98. The normalized spacial score (nSPS) is 11.0. The molecule has 0 unspecified atom stereocenters. The van der Waals surface area contributed by atoms with Crippen LogP contribution in [0.15, 0.2) is 65.7 Å². The first kappa shape index (κ1) is 17.5. The van der Waals surface area contributed by atoms with Crippen molar-refractivity contribution in [3.05, 3.63) is 71.8 Å². The predicted octanol–water partition coefficient (Wildman–Crippen LogP) is 1.71. The molecule has 0 atom stereocenters. The molecule has 0 aromatic heterocycles. The van der Waals surface area contributed by atoms with E-state index >= 15 is 0 Å². The van der Waals surface area contributed by atoms with Gasteiger partial charge in [0.05, 0.1) is 6.54 Å². The van der Waals surface area contributed by atoms with Crippen LogP contribution in [-0.2, 0) is 17.8 Å². The van der Waals surface area contributed by atoms with Gasteiger partial charge in [0.25, 0.3) is 0 Å². The van der Waals surface area contributed by atoms with Crippen LogP contribution in [0.4, 0.5) is 0 Å². The smallest absolute Gasteiger partial charge is 0.239 e. The van der Waals surface area contributed by atoms with Crippen LogP contribution in [-0.4, -0.2) is 32.0 Å². The van der Waals surface area contributed by atoms with Crippen LogP contribution in [0.1, 0.15) is 11.1 Å². The molecule has 2 aromatic carbocycles. The Kier molecular flexibility index (Phi) is 7.34. The Hall–Kier alpha value is -2.82. The Morgan fingerprint density at radius 3 is 2.12 bits per heavy atom. The van der Waals surface area contributed by atoms with Crippen LogP contribution in [0.5, 0.6) is 0 Å². The van der Waals surface area contributed by atoms with Crippen molar-refractivity contribution in [1.82, 2.24) is 16.0 Å². The minimum atomic E-state index is -0.0476. The summed E-state index contributed by atoms with van der Waals surface area (Å²) < 4.78 is 0. The van der Waals surface area contributed by atoms with E-state index in [9.17, 15) is 4.79 Å². The molecular weight excluding hydrogens is 300 g/mol. The number of aliphatic imine (C=N–C) groups is 1. The summed E-state index contributed by atoms with van der Waals surface area (Å²) in [4.78, 5) is 16.0. The first-order valence-electron chi connectivity index (χ1n) is 8.07. The second kappa shape index (κ2) is 10.0. The highest BCUT2D eigenvalue weighted by molar-refractivity contribution is 5.86. The molecule has 0 saturated carbocycles. The second-order valence-corrected chi connectivity index (χ2v) is 5.35. The number of carbonyl (C=O) groups excluding carboxylic acids is 1. The summed E-state index contributed by atoms with van der Waals surface area (Å²) in [7, 11) is 1.69. The van der Waals surface area contributed by atoms with Gasteiger partial charge in [-0.15, -0.1) is 0 Å². The molecule has 0 saturated heterocycles. The number of hydrogen-bond acceptors (Lipinski definition) is 2. The van der Waals surface area contributed by atoms with Crippen LogP contribution in [0.2, 0.25) is 0 Å². The number of carbonyl (C=O) groups is 1. The average Bonchev–Trinajstić information content (AvgIpc) is 2.63. The molecule has 0 aliphatic carbocycles. The Bertz CT molecular complexity index is 641. The third kappa shape index (κ3) is 6.52. The van der Waals surface area contributed by atoms with Crippen molar-refractivity contribution in [2.75, 3.05) is 20.1 Å². The Balaban J connectivity index is 1.64. The molecule has 0 bridgehead atoms. The van der Waals surface area contributed by atoms with E-state index in [4.69, 9.17) is 0 Å². The van der Waals surface area contributed by atoms with E-state index in [2.05, 4.69) is 33.1 Å². The van der Waals surface area contributed by atoms with Crippen molar-refractivity contribution in [3.63, 3.8) is 0 Å². The molecule has 2 rings (SSSR count). The monoisotopic (exact) mass is 324 g/mol. The zero-order chi connectivity index (χ0) is 17.0. The van der Waals surface area contributed by atoms with Gasteiger partial charge in [0.15, 0.2) is 5.96 Å². The van der Waals surface area contributed by atoms with Gasteiger partial charge in [0.2, 0.25) is 5.91 Å². The van der Waals surface area contributed by atoms with Gasteiger partial charge in [0.1, 0.15) is 0 Å². The van der Waals surface area contributed by atoms with Gasteiger partial charge in [-0.3, -0.25) is 9.79 Å². The van der Waals surface area contributed by atoms with Crippen molar-refractivity contribution in [2.45, 2.75) is 13.0 Å².